The van der Waals surface area contributed by atoms with Crippen LogP contribution in [0.25, 0.3) is 0 Å². The molecule has 0 aromatic heterocycles. The maximum absolute atomic E-state index is 12.1. The third-order valence-corrected chi connectivity index (χ3v) is 1.70. The van der Waals surface area contributed by atoms with Gasteiger partial charge in [0, 0.05) is 5.33 Å². The fourth-order valence-corrected chi connectivity index (χ4v) is 0.956. The smallest absolute Gasteiger partial charge is 0.241 e. The Kier molecular flexibility index (Phi) is 6.17. The van der Waals surface area contributed by atoms with E-state index in [0.29, 0.717) is 6.42 Å². The van der Waals surface area contributed by atoms with Crippen LogP contribution in [0, 0.1) is 0 Å². The average molecular weight is 219 g/mol. The van der Waals surface area contributed by atoms with Gasteiger partial charge in [0.05, 0.1) is 0 Å². The number of hydrogen-bond acceptors (Lipinski definition) is 0. The van der Waals surface area contributed by atoms with Crippen LogP contribution in [0.3, 0.4) is 0 Å². The van der Waals surface area contributed by atoms with Crippen LogP contribution in [0.1, 0.15) is 19.3 Å². The van der Waals surface area contributed by atoms with Crippen molar-refractivity contribution in [1.29, 1.82) is 0 Å². The van der Waals surface area contributed by atoms with Crippen LogP contribution in [-0.2, 0) is 0 Å². The normalized spacial score (nSPS) is 14.1. The highest BCUT2D eigenvalue weighted by Crippen LogP contribution is 2.13. The first-order valence-corrected chi connectivity index (χ1v) is 4.28. The van der Waals surface area contributed by atoms with E-state index in [9.17, 15) is 13.2 Å². The van der Waals surface area contributed by atoms with Crippen molar-refractivity contribution in [3.05, 3.63) is 0 Å². The highest BCUT2D eigenvalue weighted by atomic mass is 79.9. The molecule has 10 heavy (non-hydrogen) atoms. The monoisotopic (exact) mass is 218 g/mol. The highest BCUT2D eigenvalue weighted by Gasteiger charge is 2.17. The van der Waals surface area contributed by atoms with Gasteiger partial charge in [-0.05, 0) is 19.3 Å². The molecule has 0 radical (unpaired) electrons. The van der Waals surface area contributed by atoms with Crippen molar-refractivity contribution in [2.24, 2.45) is 0 Å². The summed E-state index contributed by atoms with van der Waals surface area (Å²) in [6, 6.07) is 0. The Morgan fingerprint density at radius 3 is 2.10 bits per heavy atom. The Bertz CT molecular complexity index is 77.4. The van der Waals surface area contributed by atoms with Crippen LogP contribution >= 0.6 is 15.9 Å². The topological polar surface area (TPSA) is 0 Å². The van der Waals surface area contributed by atoms with Gasteiger partial charge in [0.25, 0.3) is 6.43 Å². The molecule has 0 aliphatic heterocycles. The summed E-state index contributed by atoms with van der Waals surface area (Å²) in [5, 5.41) is 0.753. The average Bonchev–Trinajstić information content (AvgIpc) is 1.88. The third-order valence-electron chi connectivity index (χ3n) is 1.14. The molecule has 0 saturated carbocycles. The van der Waals surface area contributed by atoms with E-state index in [-0.39, 0.29) is 6.42 Å². The van der Waals surface area contributed by atoms with E-state index in [1.54, 1.807) is 0 Å². The number of alkyl halides is 4. The minimum absolute atomic E-state index is 0.0245. The lowest BCUT2D eigenvalue weighted by Crippen LogP contribution is -2.11. The van der Waals surface area contributed by atoms with E-state index in [0.717, 1.165) is 11.8 Å². The summed E-state index contributed by atoms with van der Waals surface area (Å²) in [7, 11) is 0. The molecular formula is C6H10BrF3. The molecule has 1 unspecified atom stereocenters. The largest absolute Gasteiger partial charge is 0.269 e. The molecule has 4 heteroatoms. The Morgan fingerprint density at radius 1 is 1.10 bits per heavy atom. The summed E-state index contributed by atoms with van der Waals surface area (Å²) in [4.78, 5) is 0. The van der Waals surface area contributed by atoms with Gasteiger partial charge in [-0.25, -0.2) is 13.2 Å². The molecule has 0 bridgehead atoms. The van der Waals surface area contributed by atoms with Crippen molar-refractivity contribution >= 4 is 15.9 Å². The number of rotatable bonds is 5. The maximum atomic E-state index is 12.1. The molecule has 0 rings (SSSR count). The van der Waals surface area contributed by atoms with Gasteiger partial charge in [-0.15, -0.1) is 0 Å². The van der Waals surface area contributed by atoms with E-state index in [4.69, 9.17) is 0 Å². The van der Waals surface area contributed by atoms with Crippen LogP contribution in [-0.4, -0.2) is 17.9 Å². The molecule has 62 valence electrons. The van der Waals surface area contributed by atoms with Crippen molar-refractivity contribution in [2.45, 2.75) is 31.9 Å². The summed E-state index contributed by atoms with van der Waals surface area (Å²) in [5.41, 5.74) is 0. The summed E-state index contributed by atoms with van der Waals surface area (Å²) in [6.45, 7) is 0. The standard InChI is InChI=1S/C6H10BrF3/c7-4-2-1-3-5(8)6(9)10/h5-6H,1-4H2. The molecule has 0 heterocycles. The molecule has 0 spiro atoms. The van der Waals surface area contributed by atoms with Crippen LogP contribution < -0.4 is 0 Å². The van der Waals surface area contributed by atoms with Crippen LogP contribution in [0.4, 0.5) is 13.2 Å². The van der Waals surface area contributed by atoms with E-state index in [2.05, 4.69) is 15.9 Å². The number of hydrogen-bond donors (Lipinski definition) is 0. The minimum atomic E-state index is -2.81. The fraction of sp³-hybridized carbons (Fsp3) is 1.00. The Labute approximate surface area is 66.9 Å². The van der Waals surface area contributed by atoms with Crippen molar-refractivity contribution in [1.82, 2.24) is 0 Å². The van der Waals surface area contributed by atoms with Gasteiger partial charge in [-0.2, -0.15) is 0 Å². The van der Waals surface area contributed by atoms with Crippen molar-refractivity contribution in [3.8, 4) is 0 Å². The first kappa shape index (κ1) is 10.3. The lowest BCUT2D eigenvalue weighted by Gasteiger charge is -2.04. The zero-order chi connectivity index (χ0) is 7.98. The second-order valence-corrected chi connectivity index (χ2v) is 2.83. The highest BCUT2D eigenvalue weighted by molar-refractivity contribution is 9.09. The van der Waals surface area contributed by atoms with Gasteiger partial charge in [0.15, 0.2) is 6.17 Å². The van der Waals surface area contributed by atoms with E-state index in [1.165, 1.54) is 0 Å². The number of unbranched alkanes of at least 4 members (excludes halogenated alkanes) is 1. The molecule has 1 atom stereocenters. The minimum Gasteiger partial charge on any atom is -0.241 e. The third kappa shape index (κ3) is 5.09. The zero-order valence-corrected chi connectivity index (χ0v) is 7.08. The quantitative estimate of drug-likeness (QED) is 0.492. The van der Waals surface area contributed by atoms with Crippen LogP contribution in [0.2, 0.25) is 0 Å². The molecule has 0 N–H and O–H groups in total. The van der Waals surface area contributed by atoms with E-state index < -0.39 is 12.6 Å². The molecule has 0 aliphatic carbocycles. The summed E-state index contributed by atoms with van der Waals surface area (Å²) in [6.07, 6.45) is -3.48. The molecule has 0 fully saturated rings. The number of halogens is 4. The van der Waals surface area contributed by atoms with Crippen molar-refractivity contribution in [2.75, 3.05) is 5.33 Å². The first-order valence-electron chi connectivity index (χ1n) is 3.16. The Morgan fingerprint density at radius 2 is 1.70 bits per heavy atom. The molecule has 0 aliphatic rings. The second kappa shape index (κ2) is 6.01. The molecule has 0 saturated heterocycles. The van der Waals surface area contributed by atoms with Gasteiger partial charge in [0.2, 0.25) is 0 Å². The van der Waals surface area contributed by atoms with Gasteiger partial charge in [-0.3, -0.25) is 0 Å². The van der Waals surface area contributed by atoms with Crippen LogP contribution in [0.15, 0.2) is 0 Å². The molecule has 0 amide bonds. The predicted octanol–water partition coefficient (Wildman–Crippen LogP) is 3.15. The van der Waals surface area contributed by atoms with Crippen molar-refractivity contribution < 1.29 is 13.2 Å². The Hall–Kier alpha value is 0.270. The fourth-order valence-electron chi connectivity index (χ4n) is 0.560. The van der Waals surface area contributed by atoms with Gasteiger partial charge < -0.3 is 0 Å². The lowest BCUT2D eigenvalue weighted by molar-refractivity contribution is 0.0443. The second-order valence-electron chi connectivity index (χ2n) is 2.04. The van der Waals surface area contributed by atoms with Crippen molar-refractivity contribution in [3.63, 3.8) is 0 Å². The first-order chi connectivity index (χ1) is 4.68. The summed E-state index contributed by atoms with van der Waals surface area (Å²) in [5.74, 6) is 0. The zero-order valence-electron chi connectivity index (χ0n) is 5.49. The van der Waals surface area contributed by atoms with E-state index >= 15 is 0 Å². The molecule has 0 nitrogen and oxygen atoms in total. The predicted molar refractivity (Wildman–Crippen MR) is 38.5 cm³/mol. The summed E-state index contributed by atoms with van der Waals surface area (Å²) >= 11 is 3.13. The molecule has 0 aromatic rings. The van der Waals surface area contributed by atoms with Gasteiger partial charge >= 0.3 is 0 Å². The summed E-state index contributed by atoms with van der Waals surface area (Å²) < 4.78 is 35.0. The van der Waals surface area contributed by atoms with Gasteiger partial charge in [-0.1, -0.05) is 15.9 Å². The maximum Gasteiger partial charge on any atom is 0.269 e. The molecule has 0 aromatic carbocycles. The molecular weight excluding hydrogens is 209 g/mol. The lowest BCUT2D eigenvalue weighted by atomic mass is 10.2. The van der Waals surface area contributed by atoms with Gasteiger partial charge in [0.1, 0.15) is 0 Å². The SMILES string of the molecule is FC(F)C(F)CCCCBr. The van der Waals surface area contributed by atoms with Crippen LogP contribution in [0.5, 0.6) is 0 Å². The Balaban J connectivity index is 3.13. The van der Waals surface area contributed by atoms with E-state index in [1.807, 2.05) is 0 Å².